The first-order valence-electron chi connectivity index (χ1n) is 9.60. The number of hydrogen-bond acceptors (Lipinski definition) is 6. The third kappa shape index (κ3) is 4.89. The Labute approximate surface area is 175 Å². The molecule has 0 aliphatic carbocycles. The van der Waals surface area contributed by atoms with Crippen LogP contribution in [0.25, 0.3) is 0 Å². The zero-order valence-electron chi connectivity index (χ0n) is 17.2. The van der Waals surface area contributed by atoms with Crippen LogP contribution < -0.4 is 20.1 Å². The number of nitrogens with one attached hydrogen (secondary N) is 2. The zero-order chi connectivity index (χ0) is 21.7. The fourth-order valence-corrected chi connectivity index (χ4v) is 3.35. The maximum Gasteiger partial charge on any atom is 0.252 e. The lowest BCUT2D eigenvalue weighted by atomic mass is 10.1. The summed E-state index contributed by atoms with van der Waals surface area (Å²) in [5, 5.41) is 5.78. The van der Waals surface area contributed by atoms with Crippen molar-refractivity contribution < 1.29 is 23.9 Å². The SMILES string of the molecule is COc1ccc(CCN2C(=O)CC(Nc3cc(NC(C)=O)ccc3OC)C2=O)cc1. The number of carbonyl (C=O) groups is 3. The number of carbonyl (C=O) groups excluding carboxylic acids is 3. The summed E-state index contributed by atoms with van der Waals surface area (Å²) in [5.41, 5.74) is 2.11. The number of benzene rings is 2. The minimum Gasteiger partial charge on any atom is -0.497 e. The smallest absolute Gasteiger partial charge is 0.252 e. The van der Waals surface area contributed by atoms with Crippen LogP contribution in [0, 0.1) is 0 Å². The summed E-state index contributed by atoms with van der Waals surface area (Å²) in [7, 11) is 3.12. The highest BCUT2D eigenvalue weighted by molar-refractivity contribution is 6.07. The van der Waals surface area contributed by atoms with E-state index in [0.717, 1.165) is 11.3 Å². The molecule has 0 saturated carbocycles. The molecule has 30 heavy (non-hydrogen) atoms. The van der Waals surface area contributed by atoms with Crippen LogP contribution in [0.1, 0.15) is 18.9 Å². The molecule has 0 aromatic heterocycles. The second-order valence-corrected chi connectivity index (χ2v) is 6.98. The van der Waals surface area contributed by atoms with E-state index in [-0.39, 0.29) is 24.1 Å². The van der Waals surface area contributed by atoms with E-state index in [1.165, 1.54) is 18.9 Å². The van der Waals surface area contributed by atoms with Gasteiger partial charge in [0.2, 0.25) is 11.8 Å². The monoisotopic (exact) mass is 411 g/mol. The van der Waals surface area contributed by atoms with Gasteiger partial charge in [0.25, 0.3) is 5.91 Å². The predicted molar refractivity (Wildman–Crippen MR) is 113 cm³/mol. The molecule has 8 nitrogen and oxygen atoms in total. The van der Waals surface area contributed by atoms with E-state index in [0.29, 0.717) is 30.1 Å². The number of amides is 3. The first-order valence-corrected chi connectivity index (χ1v) is 9.60. The van der Waals surface area contributed by atoms with Gasteiger partial charge in [-0.05, 0) is 42.3 Å². The Morgan fingerprint density at radius 2 is 1.83 bits per heavy atom. The van der Waals surface area contributed by atoms with Crippen molar-refractivity contribution in [1.29, 1.82) is 0 Å². The molecule has 2 aromatic rings. The minimum atomic E-state index is -0.685. The summed E-state index contributed by atoms with van der Waals surface area (Å²) in [5.74, 6) is 0.569. The lowest BCUT2D eigenvalue weighted by Crippen LogP contribution is -2.36. The molecule has 1 heterocycles. The summed E-state index contributed by atoms with van der Waals surface area (Å²) in [4.78, 5) is 37.8. The standard InChI is InChI=1S/C22H25N3O5/c1-14(26)23-16-6-9-20(30-3)18(12-16)24-19-13-21(27)25(22(19)28)11-10-15-4-7-17(29-2)8-5-15/h4-9,12,19,24H,10-11,13H2,1-3H3,(H,23,26). The van der Waals surface area contributed by atoms with Gasteiger partial charge in [-0.25, -0.2) is 0 Å². The van der Waals surface area contributed by atoms with Gasteiger partial charge >= 0.3 is 0 Å². The highest BCUT2D eigenvalue weighted by Crippen LogP contribution is 2.30. The van der Waals surface area contributed by atoms with Crippen LogP contribution in [0.15, 0.2) is 42.5 Å². The van der Waals surface area contributed by atoms with E-state index >= 15 is 0 Å². The van der Waals surface area contributed by atoms with E-state index in [9.17, 15) is 14.4 Å². The number of likely N-dealkylation sites (tertiary alicyclic amines) is 1. The van der Waals surface area contributed by atoms with Gasteiger partial charge in [-0.1, -0.05) is 12.1 Å². The Kier molecular flexibility index (Phi) is 6.56. The molecule has 2 N–H and O–H groups in total. The van der Waals surface area contributed by atoms with Gasteiger partial charge in [0.1, 0.15) is 17.5 Å². The van der Waals surface area contributed by atoms with Crippen molar-refractivity contribution in [3.63, 3.8) is 0 Å². The Morgan fingerprint density at radius 3 is 2.47 bits per heavy atom. The predicted octanol–water partition coefficient (Wildman–Crippen LogP) is 2.44. The first kappa shape index (κ1) is 21.2. The normalized spacial score (nSPS) is 15.8. The van der Waals surface area contributed by atoms with Crippen LogP contribution in [0.2, 0.25) is 0 Å². The van der Waals surface area contributed by atoms with Gasteiger partial charge in [0.15, 0.2) is 0 Å². The molecule has 1 atom stereocenters. The molecule has 3 amide bonds. The third-order valence-electron chi connectivity index (χ3n) is 4.88. The summed E-state index contributed by atoms with van der Waals surface area (Å²) in [6, 6.07) is 11.9. The fourth-order valence-electron chi connectivity index (χ4n) is 3.35. The summed E-state index contributed by atoms with van der Waals surface area (Å²) in [6.45, 7) is 1.72. The molecule has 1 aliphatic heterocycles. The summed E-state index contributed by atoms with van der Waals surface area (Å²) >= 11 is 0. The minimum absolute atomic E-state index is 0.0644. The molecule has 1 fully saturated rings. The molecule has 1 aliphatic rings. The van der Waals surface area contributed by atoms with Gasteiger partial charge in [0.05, 0.1) is 26.3 Å². The molecule has 1 unspecified atom stereocenters. The maximum atomic E-state index is 12.8. The Hall–Kier alpha value is -3.55. The molecule has 1 saturated heterocycles. The molecule has 2 aromatic carbocycles. The van der Waals surface area contributed by atoms with E-state index in [1.54, 1.807) is 25.3 Å². The average molecular weight is 411 g/mol. The molecule has 158 valence electrons. The van der Waals surface area contributed by atoms with E-state index in [2.05, 4.69) is 10.6 Å². The summed E-state index contributed by atoms with van der Waals surface area (Å²) in [6.07, 6.45) is 0.629. The number of ether oxygens (including phenoxy) is 2. The van der Waals surface area contributed by atoms with Crippen molar-refractivity contribution in [2.24, 2.45) is 0 Å². The molecule has 0 bridgehead atoms. The van der Waals surface area contributed by atoms with Gasteiger partial charge in [-0.15, -0.1) is 0 Å². The largest absolute Gasteiger partial charge is 0.497 e. The molecule has 0 spiro atoms. The van der Waals surface area contributed by atoms with Gasteiger partial charge in [-0.3, -0.25) is 19.3 Å². The van der Waals surface area contributed by atoms with E-state index in [4.69, 9.17) is 9.47 Å². The maximum absolute atomic E-state index is 12.8. The Balaban J connectivity index is 1.67. The molecule has 8 heteroatoms. The highest BCUT2D eigenvalue weighted by Gasteiger charge is 2.38. The molecular formula is C22H25N3O5. The highest BCUT2D eigenvalue weighted by atomic mass is 16.5. The quantitative estimate of drug-likeness (QED) is 0.648. The van der Waals surface area contributed by atoms with Crippen molar-refractivity contribution in [1.82, 2.24) is 4.90 Å². The van der Waals surface area contributed by atoms with Gasteiger partial charge < -0.3 is 20.1 Å². The van der Waals surface area contributed by atoms with E-state index < -0.39 is 6.04 Å². The number of anilines is 2. The number of methoxy groups -OCH3 is 2. The van der Waals surface area contributed by atoms with E-state index in [1.807, 2.05) is 24.3 Å². The zero-order valence-corrected chi connectivity index (χ0v) is 17.2. The number of imide groups is 1. The van der Waals surface area contributed by atoms with Gasteiger partial charge in [-0.2, -0.15) is 0 Å². The topological polar surface area (TPSA) is 97.0 Å². The molecule has 0 radical (unpaired) electrons. The second-order valence-electron chi connectivity index (χ2n) is 6.98. The lowest BCUT2D eigenvalue weighted by molar-refractivity contribution is -0.138. The van der Waals surface area contributed by atoms with Crippen molar-refractivity contribution in [2.45, 2.75) is 25.8 Å². The van der Waals surface area contributed by atoms with Crippen LogP contribution in [0.5, 0.6) is 11.5 Å². The molecular weight excluding hydrogens is 386 g/mol. The van der Waals surface area contributed by atoms with Crippen molar-refractivity contribution in [2.75, 3.05) is 31.4 Å². The van der Waals surface area contributed by atoms with Crippen LogP contribution >= 0.6 is 0 Å². The number of hydrogen-bond donors (Lipinski definition) is 2. The van der Waals surface area contributed by atoms with Crippen molar-refractivity contribution in [3.8, 4) is 11.5 Å². The number of nitrogens with zero attached hydrogens (tertiary/aromatic N) is 1. The van der Waals surface area contributed by atoms with Crippen LogP contribution in [0.4, 0.5) is 11.4 Å². The van der Waals surface area contributed by atoms with Crippen molar-refractivity contribution >= 4 is 29.1 Å². The Morgan fingerprint density at radius 1 is 1.10 bits per heavy atom. The molecule has 3 rings (SSSR count). The third-order valence-corrected chi connectivity index (χ3v) is 4.88. The van der Waals surface area contributed by atoms with Crippen LogP contribution in [0.3, 0.4) is 0 Å². The van der Waals surface area contributed by atoms with Crippen LogP contribution in [-0.4, -0.2) is 49.4 Å². The second kappa shape index (κ2) is 9.30. The van der Waals surface area contributed by atoms with Crippen LogP contribution in [-0.2, 0) is 20.8 Å². The number of rotatable bonds is 8. The first-order chi connectivity index (χ1) is 14.4. The Bertz CT molecular complexity index is 942. The lowest BCUT2D eigenvalue weighted by Gasteiger charge is -2.18. The fraction of sp³-hybridized carbons (Fsp3) is 0.318. The van der Waals surface area contributed by atoms with Gasteiger partial charge in [0, 0.05) is 19.2 Å². The van der Waals surface area contributed by atoms with Crippen molar-refractivity contribution in [3.05, 3.63) is 48.0 Å². The average Bonchev–Trinajstić information content (AvgIpc) is 2.99. The summed E-state index contributed by atoms with van der Waals surface area (Å²) < 4.78 is 10.5.